The molecule has 2 aliphatic rings. The zero-order valence-electron chi connectivity index (χ0n) is 25.1. The van der Waals surface area contributed by atoms with E-state index in [9.17, 15) is 15.2 Å². The van der Waals surface area contributed by atoms with Crippen molar-refractivity contribution >= 4 is 22.8 Å². The first-order valence-electron chi connectivity index (χ1n) is 15.2. The highest BCUT2D eigenvalue weighted by Crippen LogP contribution is 2.32. The molecule has 12 nitrogen and oxygen atoms in total. The van der Waals surface area contributed by atoms with Crippen molar-refractivity contribution < 1.29 is 19.4 Å². The Labute approximate surface area is 252 Å². The number of rotatable bonds is 14. The van der Waals surface area contributed by atoms with Gasteiger partial charge in [0, 0.05) is 51.4 Å². The second-order valence-electron chi connectivity index (χ2n) is 11.4. The first-order chi connectivity index (χ1) is 20.9. The lowest BCUT2D eigenvalue weighted by Gasteiger charge is -2.34. The van der Waals surface area contributed by atoms with Crippen LogP contribution in [0.1, 0.15) is 49.4 Å². The predicted octanol–water partition coefficient (Wildman–Crippen LogP) is 2.13. The van der Waals surface area contributed by atoms with Gasteiger partial charge in [0.05, 0.1) is 25.6 Å². The number of amides is 1. The number of fused-ring (bicyclic) bond motifs is 1. The highest BCUT2D eigenvalue weighted by Gasteiger charge is 2.34. The van der Waals surface area contributed by atoms with Crippen LogP contribution in [0.5, 0.6) is 11.8 Å². The molecule has 12 heteroatoms. The van der Waals surface area contributed by atoms with E-state index in [1.807, 2.05) is 10.6 Å². The summed E-state index contributed by atoms with van der Waals surface area (Å²) in [5.74, 6) is 0.932. The summed E-state index contributed by atoms with van der Waals surface area (Å²) in [6.07, 6.45) is 2.91. The van der Waals surface area contributed by atoms with Gasteiger partial charge in [0.1, 0.15) is 29.4 Å². The van der Waals surface area contributed by atoms with E-state index in [2.05, 4.69) is 50.2 Å². The van der Waals surface area contributed by atoms with Gasteiger partial charge in [-0.2, -0.15) is 15.2 Å². The summed E-state index contributed by atoms with van der Waals surface area (Å²) < 4.78 is 13.3. The lowest BCUT2D eigenvalue weighted by Crippen LogP contribution is -2.48. The van der Waals surface area contributed by atoms with Gasteiger partial charge in [-0.1, -0.05) is 25.5 Å². The summed E-state index contributed by atoms with van der Waals surface area (Å²) in [6, 6.07) is 10.4. The third kappa shape index (κ3) is 7.54. The third-order valence-corrected chi connectivity index (χ3v) is 8.22. The van der Waals surface area contributed by atoms with Crippen LogP contribution in [0.25, 0.3) is 11.0 Å². The molecule has 0 radical (unpaired) electrons. The Morgan fingerprint density at radius 3 is 2.65 bits per heavy atom. The van der Waals surface area contributed by atoms with Crippen LogP contribution in [-0.4, -0.2) is 94.4 Å². The number of nitrogen functional groups attached to an aromatic ring is 1. The number of hydrogen-bond donors (Lipinski definition) is 3. The van der Waals surface area contributed by atoms with Crippen LogP contribution in [0.4, 0.5) is 5.82 Å². The second-order valence-corrected chi connectivity index (χ2v) is 11.4. The van der Waals surface area contributed by atoms with Gasteiger partial charge >= 0.3 is 6.01 Å². The molecule has 3 aromatic rings. The van der Waals surface area contributed by atoms with E-state index >= 15 is 0 Å². The van der Waals surface area contributed by atoms with Gasteiger partial charge in [0.25, 0.3) is 0 Å². The molecule has 0 bridgehead atoms. The lowest BCUT2D eigenvalue weighted by molar-refractivity contribution is -0.130. The number of carbonyl (C=O) groups excluding carboxylic acids is 1. The Kier molecular flexibility index (Phi) is 9.97. The molecule has 43 heavy (non-hydrogen) atoms. The maximum atomic E-state index is 12.0. The van der Waals surface area contributed by atoms with Crippen molar-refractivity contribution in [3.8, 4) is 17.8 Å². The molecule has 1 atom stereocenters. The largest absolute Gasteiger partial charge is 0.496 e. The van der Waals surface area contributed by atoms with Crippen molar-refractivity contribution in [1.29, 1.82) is 5.26 Å². The van der Waals surface area contributed by atoms with Gasteiger partial charge in [0.2, 0.25) is 5.91 Å². The fourth-order valence-electron chi connectivity index (χ4n) is 5.44. The number of hydrogen-bond acceptors (Lipinski definition) is 10. The molecule has 1 saturated heterocycles. The summed E-state index contributed by atoms with van der Waals surface area (Å²) in [6.45, 7) is 8.79. The maximum Gasteiger partial charge on any atom is 0.320 e. The minimum atomic E-state index is -0.855. The smallest absolute Gasteiger partial charge is 0.320 e. The summed E-state index contributed by atoms with van der Waals surface area (Å²) >= 11 is 0. The molecule has 1 saturated carbocycles. The van der Waals surface area contributed by atoms with Crippen LogP contribution in [0.3, 0.4) is 0 Å². The Morgan fingerprint density at radius 1 is 1.19 bits per heavy atom. The number of benzene rings is 1. The van der Waals surface area contributed by atoms with E-state index in [1.54, 1.807) is 13.2 Å². The van der Waals surface area contributed by atoms with Gasteiger partial charge in [0.15, 0.2) is 5.65 Å². The lowest BCUT2D eigenvalue weighted by atomic mass is 10.1. The summed E-state index contributed by atoms with van der Waals surface area (Å²) in [5.41, 5.74) is 9.27. The average Bonchev–Trinajstić information content (AvgIpc) is 3.80. The predicted molar refractivity (Wildman–Crippen MR) is 163 cm³/mol. The fraction of sp³-hybridized carbons (Fsp3) is 0.548. The van der Waals surface area contributed by atoms with Crippen LogP contribution < -0.4 is 20.5 Å². The molecule has 1 amide bonds. The van der Waals surface area contributed by atoms with Gasteiger partial charge in [-0.15, -0.1) is 0 Å². The zero-order chi connectivity index (χ0) is 30.3. The van der Waals surface area contributed by atoms with Gasteiger partial charge in [-0.25, -0.2) is 0 Å². The molecule has 2 aromatic heterocycles. The number of aliphatic hydroxyl groups is 1. The number of nitrogens with two attached hydrogens (primary N) is 1. The average molecular weight is 591 g/mol. The molecular formula is C31H42N8O4. The number of unbranched alkanes of at least 4 members (excludes halogenated alkanes) is 1. The Hall–Kier alpha value is -3.92. The van der Waals surface area contributed by atoms with Crippen LogP contribution in [-0.2, 0) is 17.9 Å². The van der Waals surface area contributed by atoms with Crippen LogP contribution in [0, 0.1) is 17.2 Å². The quantitative estimate of drug-likeness (QED) is 0.238. The standard InChI is InChI=1S/C31H42N8O4/c1-3-4-15-43-31-35-28(33)25-17-24(18-32)39(29(25)36-31)20-23-6-5-21(16-26(23)42-2)19-38-13-11-37(12-14-38)10-9-34-30(41)27(40)22-7-8-22/h5-6,16-17,22,27,40H,3-4,7-15,19-20H2,1-2H3,(H,34,41)(H2,33,35,36). The summed E-state index contributed by atoms with van der Waals surface area (Å²) in [7, 11) is 1.66. The summed E-state index contributed by atoms with van der Waals surface area (Å²) in [5, 5.41) is 23.3. The molecule has 230 valence electrons. The Balaban J connectivity index is 1.19. The minimum absolute atomic E-state index is 0.150. The van der Waals surface area contributed by atoms with Crippen LogP contribution >= 0.6 is 0 Å². The molecule has 5 rings (SSSR count). The fourth-order valence-corrected chi connectivity index (χ4v) is 5.44. The second kappa shape index (κ2) is 14.0. The van der Waals surface area contributed by atoms with E-state index in [0.29, 0.717) is 36.4 Å². The minimum Gasteiger partial charge on any atom is -0.496 e. The highest BCUT2D eigenvalue weighted by atomic mass is 16.5. The maximum absolute atomic E-state index is 12.0. The van der Waals surface area contributed by atoms with Crippen molar-refractivity contribution in [2.45, 2.75) is 51.8 Å². The van der Waals surface area contributed by atoms with Crippen LogP contribution in [0.15, 0.2) is 24.3 Å². The SMILES string of the molecule is CCCCOc1nc(N)c2cc(C#N)n(Cc3ccc(CN4CCN(CCNC(=O)C(O)C5CC5)CC4)cc3OC)c2n1. The topological polar surface area (TPSA) is 155 Å². The molecule has 1 aliphatic heterocycles. The molecule has 1 aliphatic carbocycles. The van der Waals surface area contributed by atoms with E-state index in [1.165, 1.54) is 0 Å². The molecule has 3 heterocycles. The van der Waals surface area contributed by atoms with Gasteiger partial charge in [-0.3, -0.25) is 14.6 Å². The number of anilines is 1. The number of aliphatic hydroxyl groups excluding tert-OH is 1. The molecule has 0 spiro atoms. The third-order valence-electron chi connectivity index (χ3n) is 8.22. The number of carbonyl (C=O) groups is 1. The molecule has 1 aromatic carbocycles. The zero-order valence-corrected chi connectivity index (χ0v) is 25.1. The van der Waals surface area contributed by atoms with Crippen molar-refractivity contribution in [3.05, 3.63) is 41.1 Å². The highest BCUT2D eigenvalue weighted by molar-refractivity contribution is 5.88. The molecular weight excluding hydrogens is 548 g/mol. The van der Waals surface area contributed by atoms with E-state index in [0.717, 1.165) is 81.8 Å². The number of nitriles is 1. The molecule has 4 N–H and O–H groups in total. The van der Waals surface area contributed by atoms with Gasteiger partial charge in [-0.05, 0) is 42.9 Å². The molecule has 2 fully saturated rings. The number of nitrogens with zero attached hydrogens (tertiary/aromatic N) is 6. The van der Waals surface area contributed by atoms with Crippen molar-refractivity contribution in [1.82, 2.24) is 29.7 Å². The number of piperazine rings is 1. The van der Waals surface area contributed by atoms with E-state index in [4.69, 9.17) is 15.2 Å². The summed E-state index contributed by atoms with van der Waals surface area (Å²) in [4.78, 5) is 25.6. The Bertz CT molecular complexity index is 1460. The monoisotopic (exact) mass is 590 g/mol. The Morgan fingerprint density at radius 2 is 1.95 bits per heavy atom. The van der Waals surface area contributed by atoms with Crippen molar-refractivity contribution in [2.75, 3.05) is 58.7 Å². The van der Waals surface area contributed by atoms with E-state index in [-0.39, 0.29) is 23.7 Å². The van der Waals surface area contributed by atoms with Gasteiger partial charge < -0.3 is 30.2 Å². The van der Waals surface area contributed by atoms with Crippen LogP contribution in [0.2, 0.25) is 0 Å². The first-order valence-corrected chi connectivity index (χ1v) is 15.2. The number of ether oxygens (including phenoxy) is 2. The normalized spacial score (nSPS) is 16.6. The number of methoxy groups -OCH3 is 1. The first kappa shape index (κ1) is 30.5. The number of nitrogens with one attached hydrogen (secondary N) is 1. The molecule has 1 unspecified atom stereocenters. The van der Waals surface area contributed by atoms with E-state index < -0.39 is 6.10 Å². The van der Waals surface area contributed by atoms with Crippen molar-refractivity contribution in [2.24, 2.45) is 5.92 Å². The number of aromatic nitrogens is 3. The van der Waals surface area contributed by atoms with Crippen molar-refractivity contribution in [3.63, 3.8) is 0 Å².